The van der Waals surface area contributed by atoms with Crippen LogP contribution in [0.15, 0.2) is 12.2 Å². The molecule has 0 aromatic rings. The number of hydrogen-bond donors (Lipinski definition) is 0. The molecule has 0 fully saturated rings. The van der Waals surface area contributed by atoms with E-state index in [1.807, 2.05) is 6.92 Å². The van der Waals surface area contributed by atoms with Crippen LogP contribution in [-0.4, -0.2) is 12.6 Å². The van der Waals surface area contributed by atoms with Crippen LogP contribution in [-0.2, 0) is 9.53 Å². The van der Waals surface area contributed by atoms with Gasteiger partial charge in [-0.1, -0.05) is 71.4 Å². The van der Waals surface area contributed by atoms with Crippen LogP contribution >= 0.6 is 0 Å². The van der Waals surface area contributed by atoms with Crippen LogP contribution in [0.1, 0.15) is 79.1 Å². The van der Waals surface area contributed by atoms with Gasteiger partial charge < -0.3 is 4.74 Å². The second-order valence-electron chi connectivity index (χ2n) is 5.71. The molecule has 0 aliphatic heterocycles. The lowest BCUT2D eigenvalue weighted by Gasteiger charge is -2.13. The van der Waals surface area contributed by atoms with Crippen molar-refractivity contribution in [3.8, 4) is 0 Å². The van der Waals surface area contributed by atoms with Crippen LogP contribution in [0.4, 0.5) is 0 Å². The molecule has 0 aromatic heterocycles. The molecule has 0 aliphatic rings. The van der Waals surface area contributed by atoms with E-state index in [-0.39, 0.29) is 11.9 Å². The zero-order valence-corrected chi connectivity index (χ0v) is 14.0. The van der Waals surface area contributed by atoms with Gasteiger partial charge in [0.15, 0.2) is 0 Å². The fourth-order valence-corrected chi connectivity index (χ4v) is 2.28. The molecule has 118 valence electrons. The first-order valence-corrected chi connectivity index (χ1v) is 8.50. The highest BCUT2D eigenvalue weighted by molar-refractivity contribution is 5.74. The summed E-state index contributed by atoms with van der Waals surface area (Å²) < 4.78 is 5.18. The SMILES string of the molecule is CCCCCCC(/C=C\C(C)CCCC)C(=O)OCC. The summed E-state index contributed by atoms with van der Waals surface area (Å²) in [5, 5.41) is 0. The van der Waals surface area contributed by atoms with Gasteiger partial charge in [-0.25, -0.2) is 0 Å². The topological polar surface area (TPSA) is 26.3 Å². The van der Waals surface area contributed by atoms with Crippen LogP contribution in [0, 0.1) is 11.8 Å². The Bertz CT molecular complexity index is 258. The first kappa shape index (κ1) is 19.2. The normalized spacial score (nSPS) is 14.4. The summed E-state index contributed by atoms with van der Waals surface area (Å²) in [5.41, 5.74) is 0. The van der Waals surface area contributed by atoms with Crippen molar-refractivity contribution >= 4 is 5.97 Å². The third kappa shape index (κ3) is 10.1. The number of carbonyl (C=O) groups is 1. The Balaban J connectivity index is 4.28. The van der Waals surface area contributed by atoms with Gasteiger partial charge in [0, 0.05) is 0 Å². The number of ether oxygens (including phenoxy) is 1. The molecule has 2 unspecified atom stereocenters. The maximum Gasteiger partial charge on any atom is 0.312 e. The third-order valence-corrected chi connectivity index (χ3v) is 3.64. The molecule has 2 atom stereocenters. The molecule has 0 aliphatic carbocycles. The maximum absolute atomic E-state index is 12.0. The number of allylic oxidation sites excluding steroid dienone is 1. The third-order valence-electron chi connectivity index (χ3n) is 3.64. The molecule has 0 bridgehead atoms. The van der Waals surface area contributed by atoms with Crippen molar-refractivity contribution in [3.63, 3.8) is 0 Å². The summed E-state index contributed by atoms with van der Waals surface area (Å²) in [4.78, 5) is 12.0. The minimum atomic E-state index is -0.0528. The van der Waals surface area contributed by atoms with Gasteiger partial charge >= 0.3 is 5.97 Å². The van der Waals surface area contributed by atoms with E-state index < -0.39 is 0 Å². The zero-order chi connectivity index (χ0) is 15.2. The maximum atomic E-state index is 12.0. The van der Waals surface area contributed by atoms with E-state index in [0.717, 1.165) is 12.8 Å². The molecule has 0 radical (unpaired) electrons. The molecule has 0 amide bonds. The van der Waals surface area contributed by atoms with E-state index in [0.29, 0.717) is 12.5 Å². The first-order chi connectivity index (χ1) is 9.65. The fourth-order valence-electron chi connectivity index (χ4n) is 2.28. The van der Waals surface area contributed by atoms with Crippen molar-refractivity contribution in [2.45, 2.75) is 79.1 Å². The highest BCUT2D eigenvalue weighted by Gasteiger charge is 2.16. The van der Waals surface area contributed by atoms with E-state index in [1.54, 1.807) is 0 Å². The molecule has 0 saturated heterocycles. The largest absolute Gasteiger partial charge is 0.466 e. The van der Waals surface area contributed by atoms with E-state index in [2.05, 4.69) is 32.9 Å². The first-order valence-electron chi connectivity index (χ1n) is 8.50. The number of carbonyl (C=O) groups excluding carboxylic acids is 1. The minimum absolute atomic E-state index is 0.0455. The highest BCUT2D eigenvalue weighted by Crippen LogP contribution is 2.17. The summed E-state index contributed by atoms with van der Waals surface area (Å²) in [7, 11) is 0. The summed E-state index contributed by atoms with van der Waals surface area (Å²) in [6, 6.07) is 0. The molecule has 20 heavy (non-hydrogen) atoms. The predicted molar refractivity (Wildman–Crippen MR) is 86.7 cm³/mol. The van der Waals surface area contributed by atoms with Gasteiger partial charge in [-0.15, -0.1) is 0 Å². The van der Waals surface area contributed by atoms with Crippen LogP contribution in [0.3, 0.4) is 0 Å². The molecule has 2 nitrogen and oxygen atoms in total. The minimum Gasteiger partial charge on any atom is -0.466 e. The lowest BCUT2D eigenvalue weighted by Crippen LogP contribution is -2.16. The molecule has 0 rings (SSSR count). The predicted octanol–water partition coefficient (Wildman–Crippen LogP) is 5.52. The Hall–Kier alpha value is -0.790. The highest BCUT2D eigenvalue weighted by atomic mass is 16.5. The molecular formula is C18H34O2. The van der Waals surface area contributed by atoms with Crippen molar-refractivity contribution in [2.24, 2.45) is 11.8 Å². The molecule has 2 heteroatoms. The molecule has 0 N–H and O–H groups in total. The molecule has 0 aromatic carbocycles. The Kier molecular flexibility index (Phi) is 12.7. The molecule has 0 saturated carbocycles. The monoisotopic (exact) mass is 282 g/mol. The van der Waals surface area contributed by atoms with Gasteiger partial charge in [0.25, 0.3) is 0 Å². The van der Waals surface area contributed by atoms with Crippen molar-refractivity contribution in [2.75, 3.05) is 6.61 Å². The van der Waals surface area contributed by atoms with Gasteiger partial charge in [0.2, 0.25) is 0 Å². The van der Waals surface area contributed by atoms with Gasteiger partial charge in [-0.05, 0) is 25.7 Å². The smallest absolute Gasteiger partial charge is 0.312 e. The van der Waals surface area contributed by atoms with Gasteiger partial charge in [-0.2, -0.15) is 0 Å². The Morgan fingerprint density at radius 2 is 1.65 bits per heavy atom. The molecule has 0 spiro atoms. The van der Waals surface area contributed by atoms with Crippen molar-refractivity contribution in [1.29, 1.82) is 0 Å². The average molecular weight is 282 g/mol. The van der Waals surface area contributed by atoms with Gasteiger partial charge in [-0.3, -0.25) is 4.79 Å². The van der Waals surface area contributed by atoms with E-state index in [4.69, 9.17) is 4.74 Å². The molecular weight excluding hydrogens is 248 g/mol. The second-order valence-corrected chi connectivity index (χ2v) is 5.71. The zero-order valence-electron chi connectivity index (χ0n) is 14.0. The van der Waals surface area contributed by atoms with Crippen molar-refractivity contribution < 1.29 is 9.53 Å². The van der Waals surface area contributed by atoms with Crippen molar-refractivity contribution in [1.82, 2.24) is 0 Å². The van der Waals surface area contributed by atoms with E-state index in [9.17, 15) is 4.79 Å². The number of rotatable bonds is 12. The molecule has 0 heterocycles. The van der Waals surface area contributed by atoms with Crippen LogP contribution in [0.2, 0.25) is 0 Å². The second kappa shape index (κ2) is 13.2. The lowest BCUT2D eigenvalue weighted by atomic mass is 9.97. The van der Waals surface area contributed by atoms with Gasteiger partial charge in [0.1, 0.15) is 0 Å². The standard InChI is InChI=1S/C18H34O2/c1-5-8-10-11-13-17(18(19)20-7-3)15-14-16(4)12-9-6-2/h14-17H,5-13H2,1-4H3/b15-14-. The van der Waals surface area contributed by atoms with E-state index >= 15 is 0 Å². The number of esters is 1. The summed E-state index contributed by atoms with van der Waals surface area (Å²) in [6.45, 7) is 9.00. The van der Waals surface area contributed by atoms with Crippen LogP contribution in [0.25, 0.3) is 0 Å². The quantitative estimate of drug-likeness (QED) is 0.268. The van der Waals surface area contributed by atoms with Crippen LogP contribution in [0.5, 0.6) is 0 Å². The lowest BCUT2D eigenvalue weighted by molar-refractivity contribution is -0.146. The van der Waals surface area contributed by atoms with Gasteiger partial charge in [0.05, 0.1) is 12.5 Å². The number of hydrogen-bond acceptors (Lipinski definition) is 2. The van der Waals surface area contributed by atoms with E-state index in [1.165, 1.54) is 38.5 Å². The summed E-state index contributed by atoms with van der Waals surface area (Å²) >= 11 is 0. The Labute approximate surface area is 126 Å². The summed E-state index contributed by atoms with van der Waals surface area (Å²) in [6.07, 6.45) is 13.7. The van der Waals surface area contributed by atoms with Crippen LogP contribution < -0.4 is 0 Å². The Morgan fingerprint density at radius 1 is 0.950 bits per heavy atom. The average Bonchev–Trinajstić information content (AvgIpc) is 2.44. The van der Waals surface area contributed by atoms with Crippen molar-refractivity contribution in [3.05, 3.63) is 12.2 Å². The summed E-state index contributed by atoms with van der Waals surface area (Å²) in [5.74, 6) is 0.460. The Morgan fingerprint density at radius 3 is 2.25 bits per heavy atom. The fraction of sp³-hybridized carbons (Fsp3) is 0.833. The number of unbranched alkanes of at least 4 members (excludes halogenated alkanes) is 4.